The fourth-order valence-electron chi connectivity index (χ4n) is 9.04. The predicted molar refractivity (Wildman–Crippen MR) is 316 cm³/mol. The van der Waals surface area contributed by atoms with Crippen molar-refractivity contribution < 1.29 is 28.6 Å². The minimum atomic E-state index is -0.796. The van der Waals surface area contributed by atoms with Crippen LogP contribution in [0.25, 0.3) is 0 Å². The molecule has 6 nitrogen and oxygen atoms in total. The van der Waals surface area contributed by atoms with E-state index in [0.29, 0.717) is 19.3 Å². The maximum absolute atomic E-state index is 12.9. The first-order valence-electron chi connectivity index (χ1n) is 31.4. The Bertz CT molecular complexity index is 1360. The molecule has 73 heavy (non-hydrogen) atoms. The van der Waals surface area contributed by atoms with Gasteiger partial charge < -0.3 is 14.2 Å². The largest absolute Gasteiger partial charge is 0.462 e. The van der Waals surface area contributed by atoms with Crippen LogP contribution in [-0.4, -0.2) is 37.2 Å². The van der Waals surface area contributed by atoms with Crippen molar-refractivity contribution in [2.75, 3.05) is 13.2 Å². The number of hydrogen-bond donors (Lipinski definition) is 0. The van der Waals surface area contributed by atoms with E-state index >= 15 is 0 Å². The third-order valence-electron chi connectivity index (χ3n) is 13.7. The van der Waals surface area contributed by atoms with E-state index in [1.807, 2.05) is 0 Å². The standard InChI is InChI=1S/C67H118O6/c1-4-7-10-13-16-19-22-25-27-29-31-33-35-36-38-40-42-45-48-51-54-57-60-66(69)72-63-64(62-71-65(68)59-56-53-50-47-44-24-21-18-15-12-9-6-3)73-67(70)61-58-55-52-49-46-43-41-39-37-34-32-30-28-26-23-20-17-14-11-8-5-2/h8,11,17,20,26,28,32,34,39,41,46,49,64H,4-7,9-10,12-16,18-19,21-25,27,29-31,33,35-38,40,42-45,47-48,50-63H2,1-3H3/b11-8-,20-17-,28-26-,34-32-,41-39-,49-46-. The van der Waals surface area contributed by atoms with E-state index in [1.165, 1.54) is 180 Å². The second-order valence-electron chi connectivity index (χ2n) is 21.0. The van der Waals surface area contributed by atoms with Crippen LogP contribution in [0, 0.1) is 0 Å². The van der Waals surface area contributed by atoms with Crippen molar-refractivity contribution in [1.82, 2.24) is 0 Å². The number of carbonyl (C=O) groups is 3. The van der Waals surface area contributed by atoms with Gasteiger partial charge in [0.15, 0.2) is 6.10 Å². The molecule has 422 valence electrons. The Morgan fingerprint density at radius 3 is 0.836 bits per heavy atom. The van der Waals surface area contributed by atoms with E-state index in [4.69, 9.17) is 14.2 Å². The monoisotopic (exact) mass is 1020 g/mol. The molecule has 0 saturated heterocycles. The topological polar surface area (TPSA) is 78.9 Å². The number of rotatable bonds is 57. The van der Waals surface area contributed by atoms with E-state index in [2.05, 4.69) is 93.7 Å². The van der Waals surface area contributed by atoms with Gasteiger partial charge in [-0.2, -0.15) is 0 Å². The molecule has 1 atom stereocenters. The highest BCUT2D eigenvalue weighted by Crippen LogP contribution is 2.17. The van der Waals surface area contributed by atoms with Gasteiger partial charge in [0.1, 0.15) is 13.2 Å². The molecule has 0 aromatic rings. The van der Waals surface area contributed by atoms with Gasteiger partial charge in [0, 0.05) is 19.3 Å². The summed E-state index contributed by atoms with van der Waals surface area (Å²) in [6.45, 7) is 6.53. The average Bonchev–Trinajstić information content (AvgIpc) is 3.39. The first-order chi connectivity index (χ1) is 36.0. The van der Waals surface area contributed by atoms with Crippen LogP contribution in [0.2, 0.25) is 0 Å². The second-order valence-corrected chi connectivity index (χ2v) is 21.0. The summed E-state index contributed by atoms with van der Waals surface area (Å²) >= 11 is 0. The number of unbranched alkanes of at least 4 members (excludes halogenated alkanes) is 34. The molecule has 0 aliphatic carbocycles. The highest BCUT2D eigenvalue weighted by atomic mass is 16.6. The number of carbonyl (C=O) groups excluding carboxylic acids is 3. The molecular formula is C67H118O6. The molecule has 0 saturated carbocycles. The van der Waals surface area contributed by atoms with E-state index in [1.54, 1.807) is 0 Å². The van der Waals surface area contributed by atoms with Crippen molar-refractivity contribution in [1.29, 1.82) is 0 Å². The first-order valence-corrected chi connectivity index (χ1v) is 31.4. The van der Waals surface area contributed by atoms with Gasteiger partial charge in [-0.3, -0.25) is 14.4 Å². The van der Waals surface area contributed by atoms with Crippen LogP contribution >= 0.6 is 0 Å². The summed E-state index contributed by atoms with van der Waals surface area (Å²) in [5.74, 6) is -0.917. The van der Waals surface area contributed by atoms with E-state index in [0.717, 1.165) is 89.9 Å². The van der Waals surface area contributed by atoms with Gasteiger partial charge in [-0.15, -0.1) is 0 Å². The fraction of sp³-hybridized carbons (Fsp3) is 0.776. The Kier molecular flexibility index (Phi) is 58.7. The Morgan fingerprint density at radius 1 is 0.288 bits per heavy atom. The summed E-state index contributed by atoms with van der Waals surface area (Å²) in [5, 5.41) is 0. The number of hydrogen-bond acceptors (Lipinski definition) is 6. The zero-order valence-electron chi connectivity index (χ0n) is 48.4. The molecule has 6 heteroatoms. The summed E-state index contributed by atoms with van der Waals surface area (Å²) in [7, 11) is 0. The van der Waals surface area contributed by atoms with Crippen LogP contribution in [0.1, 0.15) is 316 Å². The van der Waals surface area contributed by atoms with Crippen LogP contribution in [0.3, 0.4) is 0 Å². The van der Waals surface area contributed by atoms with Crippen molar-refractivity contribution in [2.24, 2.45) is 0 Å². The predicted octanol–water partition coefficient (Wildman–Crippen LogP) is 21.3. The molecular weight excluding hydrogens is 901 g/mol. The van der Waals surface area contributed by atoms with Crippen molar-refractivity contribution >= 4 is 17.9 Å². The molecule has 0 N–H and O–H groups in total. The molecule has 0 aliphatic heterocycles. The molecule has 0 spiro atoms. The normalized spacial score (nSPS) is 12.5. The summed E-state index contributed by atoms with van der Waals surface area (Å²) in [6.07, 6.45) is 79.1. The SMILES string of the molecule is CC/C=C\C/C=C\C/C=C\C/C=C\C/C=C\C/C=C\CCCCC(=O)OC(COC(=O)CCCCCCCCCCCCCC)COC(=O)CCCCCCCCCCCCCCCCCCCCCCCC. The Balaban J connectivity index is 4.36. The van der Waals surface area contributed by atoms with Gasteiger partial charge in [-0.05, 0) is 70.6 Å². The van der Waals surface area contributed by atoms with Crippen LogP contribution in [0.4, 0.5) is 0 Å². The lowest BCUT2D eigenvalue weighted by atomic mass is 10.0. The zero-order valence-corrected chi connectivity index (χ0v) is 48.4. The van der Waals surface area contributed by atoms with E-state index < -0.39 is 6.10 Å². The van der Waals surface area contributed by atoms with E-state index in [9.17, 15) is 14.4 Å². The van der Waals surface area contributed by atoms with E-state index in [-0.39, 0.29) is 37.5 Å². The van der Waals surface area contributed by atoms with Crippen LogP contribution < -0.4 is 0 Å². The lowest BCUT2D eigenvalue weighted by Gasteiger charge is -2.18. The van der Waals surface area contributed by atoms with Crippen LogP contribution in [-0.2, 0) is 28.6 Å². The maximum atomic E-state index is 12.9. The number of allylic oxidation sites excluding steroid dienone is 12. The minimum absolute atomic E-state index is 0.0890. The summed E-state index contributed by atoms with van der Waals surface area (Å²) in [4.78, 5) is 38.2. The van der Waals surface area contributed by atoms with Gasteiger partial charge in [-0.25, -0.2) is 0 Å². The van der Waals surface area contributed by atoms with Gasteiger partial charge in [0.05, 0.1) is 0 Å². The lowest BCUT2D eigenvalue weighted by Crippen LogP contribution is -2.30. The average molecular weight is 1020 g/mol. The smallest absolute Gasteiger partial charge is 0.306 e. The molecule has 0 radical (unpaired) electrons. The Hall–Kier alpha value is -3.15. The van der Waals surface area contributed by atoms with Gasteiger partial charge in [0.25, 0.3) is 0 Å². The van der Waals surface area contributed by atoms with Gasteiger partial charge >= 0.3 is 17.9 Å². The molecule has 1 unspecified atom stereocenters. The van der Waals surface area contributed by atoms with Crippen LogP contribution in [0.5, 0.6) is 0 Å². The highest BCUT2D eigenvalue weighted by Gasteiger charge is 2.19. The Morgan fingerprint density at radius 2 is 0.534 bits per heavy atom. The second kappa shape index (κ2) is 61.4. The van der Waals surface area contributed by atoms with Crippen molar-refractivity contribution in [3.05, 3.63) is 72.9 Å². The quantitative estimate of drug-likeness (QED) is 0.0261. The molecule has 0 fully saturated rings. The highest BCUT2D eigenvalue weighted by molar-refractivity contribution is 5.71. The maximum Gasteiger partial charge on any atom is 0.306 e. The zero-order chi connectivity index (χ0) is 52.9. The molecule has 0 aromatic carbocycles. The lowest BCUT2D eigenvalue weighted by molar-refractivity contribution is -0.167. The number of esters is 3. The molecule has 0 heterocycles. The van der Waals surface area contributed by atoms with Gasteiger partial charge in [-0.1, -0.05) is 299 Å². The van der Waals surface area contributed by atoms with Crippen molar-refractivity contribution in [3.8, 4) is 0 Å². The molecule has 0 rings (SSSR count). The summed E-state index contributed by atoms with van der Waals surface area (Å²) in [5.41, 5.74) is 0. The van der Waals surface area contributed by atoms with Crippen LogP contribution in [0.15, 0.2) is 72.9 Å². The molecule has 0 bridgehead atoms. The minimum Gasteiger partial charge on any atom is -0.462 e. The fourth-order valence-corrected chi connectivity index (χ4v) is 9.04. The molecule has 0 amide bonds. The first kappa shape index (κ1) is 69.8. The Labute approximate surface area is 453 Å². The summed E-state index contributed by atoms with van der Waals surface area (Å²) in [6, 6.07) is 0. The van der Waals surface area contributed by atoms with Crippen molar-refractivity contribution in [2.45, 2.75) is 322 Å². The summed E-state index contributed by atoms with van der Waals surface area (Å²) < 4.78 is 16.9. The third-order valence-corrected chi connectivity index (χ3v) is 13.7. The number of ether oxygens (including phenoxy) is 3. The van der Waals surface area contributed by atoms with Crippen molar-refractivity contribution in [3.63, 3.8) is 0 Å². The molecule has 0 aliphatic rings. The molecule has 0 aromatic heterocycles. The third kappa shape index (κ3) is 59.6. The van der Waals surface area contributed by atoms with Gasteiger partial charge in [0.2, 0.25) is 0 Å².